The molecule has 0 N–H and O–H groups in total. The number of ether oxygens (including phenoxy) is 1. The molecule has 3 unspecified atom stereocenters. The van der Waals surface area contributed by atoms with Crippen LogP contribution < -0.4 is 0 Å². The van der Waals surface area contributed by atoms with Crippen LogP contribution in [0.25, 0.3) is 0 Å². The van der Waals surface area contributed by atoms with E-state index in [2.05, 4.69) is 20.8 Å². The van der Waals surface area contributed by atoms with E-state index in [0.717, 1.165) is 44.4 Å². The average molecular weight is 238 g/mol. The molecule has 1 aliphatic heterocycles. The minimum Gasteiger partial charge on any atom is -0.372 e. The fourth-order valence-electron chi connectivity index (χ4n) is 3.36. The molecule has 0 aromatic carbocycles. The summed E-state index contributed by atoms with van der Waals surface area (Å²) in [5, 5.41) is 0. The molecule has 0 aromatic heterocycles. The molecule has 2 nitrogen and oxygen atoms in total. The Morgan fingerprint density at radius 2 is 2.12 bits per heavy atom. The van der Waals surface area contributed by atoms with Gasteiger partial charge in [0.05, 0.1) is 11.7 Å². The first-order valence-electron chi connectivity index (χ1n) is 7.20. The fourth-order valence-corrected chi connectivity index (χ4v) is 3.36. The number of hydrogen-bond acceptors (Lipinski definition) is 2. The molecule has 1 saturated carbocycles. The van der Waals surface area contributed by atoms with Gasteiger partial charge in [0.25, 0.3) is 0 Å². The van der Waals surface area contributed by atoms with Gasteiger partial charge in [-0.1, -0.05) is 13.3 Å². The Bertz CT molecular complexity index is 283. The molecule has 98 valence electrons. The Morgan fingerprint density at radius 3 is 2.71 bits per heavy atom. The summed E-state index contributed by atoms with van der Waals surface area (Å²) in [6.07, 6.45) is 7.82. The molecule has 1 aliphatic carbocycles. The van der Waals surface area contributed by atoms with E-state index in [1.54, 1.807) is 0 Å². The van der Waals surface area contributed by atoms with Crippen molar-refractivity contribution in [3.63, 3.8) is 0 Å². The largest absolute Gasteiger partial charge is 0.372 e. The number of hydrogen-bond donors (Lipinski definition) is 0. The van der Waals surface area contributed by atoms with E-state index in [1.165, 1.54) is 6.42 Å². The minimum absolute atomic E-state index is 0.0343. The van der Waals surface area contributed by atoms with Crippen LogP contribution in [-0.4, -0.2) is 17.5 Å². The lowest BCUT2D eigenvalue weighted by Crippen LogP contribution is -2.29. The van der Waals surface area contributed by atoms with E-state index < -0.39 is 0 Å². The topological polar surface area (TPSA) is 26.3 Å². The molecule has 2 rings (SSSR count). The van der Waals surface area contributed by atoms with Crippen molar-refractivity contribution in [3.05, 3.63) is 0 Å². The van der Waals surface area contributed by atoms with E-state index in [0.29, 0.717) is 11.9 Å². The quantitative estimate of drug-likeness (QED) is 0.749. The SMILES string of the molecule is CCC1CCC(=O)C(CC2CCC(C)(C)O2)C1. The van der Waals surface area contributed by atoms with Crippen molar-refractivity contribution < 1.29 is 9.53 Å². The second kappa shape index (κ2) is 5.09. The maximum absolute atomic E-state index is 11.9. The van der Waals surface area contributed by atoms with Crippen molar-refractivity contribution in [2.45, 2.75) is 77.4 Å². The minimum atomic E-state index is 0.0343. The van der Waals surface area contributed by atoms with Gasteiger partial charge < -0.3 is 4.74 Å². The first kappa shape index (κ1) is 13.1. The maximum atomic E-state index is 11.9. The van der Waals surface area contributed by atoms with Crippen LogP contribution in [0.1, 0.15) is 65.7 Å². The summed E-state index contributed by atoms with van der Waals surface area (Å²) >= 11 is 0. The van der Waals surface area contributed by atoms with Gasteiger partial charge in [-0.05, 0) is 51.9 Å². The zero-order valence-electron chi connectivity index (χ0n) is 11.5. The van der Waals surface area contributed by atoms with Crippen LogP contribution in [0.2, 0.25) is 0 Å². The van der Waals surface area contributed by atoms with E-state index in [9.17, 15) is 4.79 Å². The van der Waals surface area contributed by atoms with Crippen molar-refractivity contribution >= 4 is 5.78 Å². The lowest BCUT2D eigenvalue weighted by atomic mass is 9.77. The summed E-state index contributed by atoms with van der Waals surface area (Å²) in [7, 11) is 0. The zero-order chi connectivity index (χ0) is 12.5. The molecule has 2 fully saturated rings. The number of carbonyl (C=O) groups is 1. The van der Waals surface area contributed by atoms with Crippen molar-refractivity contribution in [2.24, 2.45) is 11.8 Å². The summed E-state index contributed by atoms with van der Waals surface area (Å²) < 4.78 is 6.02. The van der Waals surface area contributed by atoms with E-state index in [4.69, 9.17) is 4.74 Å². The smallest absolute Gasteiger partial charge is 0.136 e. The molecule has 2 heteroatoms. The second-order valence-corrected chi connectivity index (χ2v) is 6.49. The third-order valence-electron chi connectivity index (χ3n) is 4.55. The van der Waals surface area contributed by atoms with Crippen molar-refractivity contribution in [1.29, 1.82) is 0 Å². The van der Waals surface area contributed by atoms with Gasteiger partial charge >= 0.3 is 0 Å². The predicted octanol–water partition coefficient (Wildman–Crippen LogP) is 3.73. The van der Waals surface area contributed by atoms with Crippen LogP contribution >= 0.6 is 0 Å². The van der Waals surface area contributed by atoms with Crippen LogP contribution in [0.3, 0.4) is 0 Å². The van der Waals surface area contributed by atoms with Crippen LogP contribution in [0.5, 0.6) is 0 Å². The summed E-state index contributed by atoms with van der Waals surface area (Å²) in [6.45, 7) is 6.56. The summed E-state index contributed by atoms with van der Waals surface area (Å²) in [6, 6.07) is 0. The molecule has 0 amide bonds. The molecule has 1 heterocycles. The molecular weight excluding hydrogens is 212 g/mol. The Hall–Kier alpha value is -0.370. The van der Waals surface area contributed by atoms with Gasteiger partial charge in [-0.15, -0.1) is 0 Å². The van der Waals surface area contributed by atoms with Gasteiger partial charge in [0.15, 0.2) is 0 Å². The molecule has 0 bridgehead atoms. The number of Topliss-reactive ketones (excluding diaryl/α,β-unsaturated/α-hetero) is 1. The Kier molecular flexibility index (Phi) is 3.92. The Labute approximate surface area is 105 Å². The van der Waals surface area contributed by atoms with Gasteiger partial charge in [0, 0.05) is 12.3 Å². The van der Waals surface area contributed by atoms with E-state index >= 15 is 0 Å². The summed E-state index contributed by atoms with van der Waals surface area (Å²) in [4.78, 5) is 11.9. The third kappa shape index (κ3) is 3.31. The monoisotopic (exact) mass is 238 g/mol. The molecule has 0 aromatic rings. The van der Waals surface area contributed by atoms with E-state index in [1.807, 2.05) is 0 Å². The highest BCUT2D eigenvalue weighted by Crippen LogP contribution is 2.37. The van der Waals surface area contributed by atoms with Crippen LogP contribution in [0.4, 0.5) is 0 Å². The maximum Gasteiger partial charge on any atom is 0.136 e. The number of rotatable bonds is 3. The molecule has 3 atom stereocenters. The standard InChI is InChI=1S/C15H26O2/c1-4-11-5-6-14(16)12(9-11)10-13-7-8-15(2,3)17-13/h11-13H,4-10H2,1-3H3. The predicted molar refractivity (Wildman–Crippen MR) is 68.9 cm³/mol. The second-order valence-electron chi connectivity index (χ2n) is 6.49. The van der Waals surface area contributed by atoms with Crippen LogP contribution in [0.15, 0.2) is 0 Å². The lowest BCUT2D eigenvalue weighted by molar-refractivity contribution is -0.127. The van der Waals surface area contributed by atoms with Gasteiger partial charge in [-0.25, -0.2) is 0 Å². The molecule has 0 spiro atoms. The first-order chi connectivity index (χ1) is 8.00. The molecule has 2 aliphatic rings. The number of carbonyl (C=O) groups excluding carboxylic acids is 1. The van der Waals surface area contributed by atoms with Crippen LogP contribution in [-0.2, 0) is 9.53 Å². The third-order valence-corrected chi connectivity index (χ3v) is 4.55. The summed E-state index contributed by atoms with van der Waals surface area (Å²) in [5.74, 6) is 1.54. The van der Waals surface area contributed by atoms with Crippen LogP contribution in [0, 0.1) is 11.8 Å². The first-order valence-corrected chi connectivity index (χ1v) is 7.20. The number of ketones is 1. The highest BCUT2D eigenvalue weighted by molar-refractivity contribution is 5.81. The van der Waals surface area contributed by atoms with Gasteiger partial charge in [0.2, 0.25) is 0 Å². The Balaban J connectivity index is 1.87. The highest BCUT2D eigenvalue weighted by atomic mass is 16.5. The zero-order valence-corrected chi connectivity index (χ0v) is 11.5. The van der Waals surface area contributed by atoms with Crippen molar-refractivity contribution in [2.75, 3.05) is 0 Å². The average Bonchev–Trinajstić information content (AvgIpc) is 2.61. The van der Waals surface area contributed by atoms with Crippen molar-refractivity contribution in [1.82, 2.24) is 0 Å². The lowest BCUT2D eigenvalue weighted by Gasteiger charge is -2.29. The van der Waals surface area contributed by atoms with Gasteiger partial charge in [-0.3, -0.25) is 4.79 Å². The molecule has 17 heavy (non-hydrogen) atoms. The Morgan fingerprint density at radius 1 is 1.35 bits per heavy atom. The van der Waals surface area contributed by atoms with Crippen molar-refractivity contribution in [3.8, 4) is 0 Å². The normalized spacial score (nSPS) is 37.4. The van der Waals surface area contributed by atoms with Gasteiger partial charge in [0.1, 0.15) is 5.78 Å². The molecule has 1 saturated heterocycles. The highest BCUT2D eigenvalue weighted by Gasteiger charge is 2.36. The molecule has 0 radical (unpaired) electrons. The van der Waals surface area contributed by atoms with Gasteiger partial charge in [-0.2, -0.15) is 0 Å². The molecular formula is C15H26O2. The van der Waals surface area contributed by atoms with E-state index in [-0.39, 0.29) is 11.5 Å². The fraction of sp³-hybridized carbons (Fsp3) is 0.933. The summed E-state index contributed by atoms with van der Waals surface area (Å²) in [5.41, 5.74) is 0.0343.